The maximum Gasteiger partial charge on any atom is 0.164 e. The van der Waals surface area contributed by atoms with Crippen molar-refractivity contribution in [3.63, 3.8) is 0 Å². The third-order valence-corrected chi connectivity index (χ3v) is 2.45. The van der Waals surface area contributed by atoms with Crippen LogP contribution in [0.25, 0.3) is 0 Å². The van der Waals surface area contributed by atoms with E-state index in [-0.39, 0.29) is 5.02 Å². The molecule has 1 rings (SSSR count). The highest BCUT2D eigenvalue weighted by Gasteiger charge is 2.04. The molecule has 0 unspecified atom stereocenters. The summed E-state index contributed by atoms with van der Waals surface area (Å²) in [4.78, 5) is 0. The predicted octanol–water partition coefficient (Wildman–Crippen LogP) is 3.71. The fourth-order valence-corrected chi connectivity index (χ4v) is 1.42. The van der Waals surface area contributed by atoms with Gasteiger partial charge in [0.1, 0.15) is 0 Å². The molecule has 4 heteroatoms. The van der Waals surface area contributed by atoms with Gasteiger partial charge in [-0.15, -0.1) is 0 Å². The van der Waals surface area contributed by atoms with Crippen molar-refractivity contribution in [1.82, 2.24) is 0 Å². The molecule has 1 N–H and O–H groups in total. The van der Waals surface area contributed by atoms with Crippen LogP contribution in [-0.2, 0) is 4.74 Å². The van der Waals surface area contributed by atoms with E-state index in [1.165, 1.54) is 6.07 Å². The highest BCUT2D eigenvalue weighted by molar-refractivity contribution is 6.31. The summed E-state index contributed by atoms with van der Waals surface area (Å²) in [7, 11) is 0. The average molecular weight is 246 g/mol. The highest BCUT2D eigenvalue weighted by atomic mass is 35.5. The molecule has 1 aromatic rings. The second kappa shape index (κ2) is 7.47. The summed E-state index contributed by atoms with van der Waals surface area (Å²) in [6.07, 6.45) is 2.18. The van der Waals surface area contributed by atoms with E-state index < -0.39 is 5.82 Å². The summed E-state index contributed by atoms with van der Waals surface area (Å²) < 4.78 is 18.7. The predicted molar refractivity (Wildman–Crippen MR) is 65.6 cm³/mol. The first-order valence-corrected chi connectivity index (χ1v) is 5.89. The standard InChI is InChI=1S/C12H17ClFNO/c1-2-3-8-16-9-7-15-11-6-4-5-10(13)12(11)14/h4-6,15H,2-3,7-9H2,1H3. The first-order valence-electron chi connectivity index (χ1n) is 5.51. The second-order valence-corrected chi connectivity index (χ2v) is 3.90. The molecular formula is C12H17ClFNO. The Morgan fingerprint density at radius 2 is 2.19 bits per heavy atom. The van der Waals surface area contributed by atoms with Gasteiger partial charge in [0.15, 0.2) is 5.82 Å². The van der Waals surface area contributed by atoms with Crippen molar-refractivity contribution >= 4 is 17.3 Å². The van der Waals surface area contributed by atoms with Crippen molar-refractivity contribution in [2.45, 2.75) is 19.8 Å². The summed E-state index contributed by atoms with van der Waals surface area (Å²) in [6.45, 7) is 4.03. The van der Waals surface area contributed by atoms with Crippen LogP contribution in [0.3, 0.4) is 0 Å². The number of halogens is 2. The number of rotatable bonds is 7. The normalized spacial score (nSPS) is 10.4. The third-order valence-electron chi connectivity index (χ3n) is 2.16. The van der Waals surface area contributed by atoms with Crippen LogP contribution in [0.4, 0.5) is 10.1 Å². The molecular weight excluding hydrogens is 229 g/mol. The Morgan fingerprint density at radius 3 is 2.94 bits per heavy atom. The SMILES string of the molecule is CCCCOCCNc1cccc(Cl)c1F. The van der Waals surface area contributed by atoms with Gasteiger partial charge in [0.25, 0.3) is 0 Å². The smallest absolute Gasteiger partial charge is 0.164 e. The Bertz CT molecular complexity index is 320. The molecule has 0 aliphatic heterocycles. The Labute approximate surface area is 101 Å². The molecule has 0 radical (unpaired) electrons. The summed E-state index contributed by atoms with van der Waals surface area (Å²) in [6, 6.07) is 4.90. The van der Waals surface area contributed by atoms with Gasteiger partial charge in [-0.3, -0.25) is 0 Å². The van der Waals surface area contributed by atoms with Crippen LogP contribution in [0.15, 0.2) is 18.2 Å². The lowest BCUT2D eigenvalue weighted by molar-refractivity contribution is 0.141. The quantitative estimate of drug-likeness (QED) is 0.740. The van der Waals surface area contributed by atoms with Gasteiger partial charge in [-0.1, -0.05) is 31.0 Å². The Hall–Kier alpha value is -0.800. The van der Waals surface area contributed by atoms with Crippen molar-refractivity contribution in [1.29, 1.82) is 0 Å². The van der Waals surface area contributed by atoms with E-state index in [4.69, 9.17) is 16.3 Å². The molecule has 0 aliphatic rings. The molecule has 0 heterocycles. The van der Waals surface area contributed by atoms with Gasteiger partial charge in [-0.25, -0.2) is 4.39 Å². The first-order chi connectivity index (χ1) is 7.75. The lowest BCUT2D eigenvalue weighted by atomic mass is 10.3. The lowest BCUT2D eigenvalue weighted by Crippen LogP contribution is -2.11. The summed E-state index contributed by atoms with van der Waals surface area (Å²) in [5.41, 5.74) is 0.423. The number of anilines is 1. The van der Waals surface area contributed by atoms with Crippen molar-refractivity contribution in [2.24, 2.45) is 0 Å². The molecule has 16 heavy (non-hydrogen) atoms. The number of benzene rings is 1. The first kappa shape index (κ1) is 13.3. The molecule has 0 fully saturated rings. The van der Waals surface area contributed by atoms with Gasteiger partial charge < -0.3 is 10.1 Å². The minimum Gasteiger partial charge on any atom is -0.380 e. The van der Waals surface area contributed by atoms with E-state index in [0.717, 1.165) is 19.4 Å². The zero-order chi connectivity index (χ0) is 11.8. The summed E-state index contributed by atoms with van der Waals surface area (Å²) in [5.74, 6) is -0.405. The van der Waals surface area contributed by atoms with Crippen molar-refractivity contribution in [3.8, 4) is 0 Å². The fraction of sp³-hybridized carbons (Fsp3) is 0.500. The van der Waals surface area contributed by atoms with Crippen LogP contribution in [0.5, 0.6) is 0 Å². The monoisotopic (exact) mass is 245 g/mol. The maximum atomic E-state index is 13.4. The van der Waals surface area contributed by atoms with Gasteiger partial charge in [0.05, 0.1) is 17.3 Å². The number of nitrogens with one attached hydrogen (secondary N) is 1. The molecule has 2 nitrogen and oxygen atoms in total. The van der Waals surface area contributed by atoms with E-state index in [9.17, 15) is 4.39 Å². The van der Waals surface area contributed by atoms with Crippen LogP contribution in [-0.4, -0.2) is 19.8 Å². The van der Waals surface area contributed by atoms with Crippen LogP contribution in [0, 0.1) is 5.82 Å². The maximum absolute atomic E-state index is 13.4. The minimum absolute atomic E-state index is 0.136. The topological polar surface area (TPSA) is 21.3 Å². The van der Waals surface area contributed by atoms with Gasteiger partial charge >= 0.3 is 0 Å². The molecule has 0 saturated carbocycles. The van der Waals surface area contributed by atoms with Crippen LogP contribution >= 0.6 is 11.6 Å². The third kappa shape index (κ3) is 4.37. The average Bonchev–Trinajstić information content (AvgIpc) is 2.29. The van der Waals surface area contributed by atoms with E-state index in [0.29, 0.717) is 18.8 Å². The molecule has 0 amide bonds. The Balaban J connectivity index is 2.24. The van der Waals surface area contributed by atoms with Gasteiger partial charge in [0, 0.05) is 13.2 Å². The van der Waals surface area contributed by atoms with Gasteiger partial charge in [0.2, 0.25) is 0 Å². The zero-order valence-electron chi connectivity index (χ0n) is 9.43. The van der Waals surface area contributed by atoms with Gasteiger partial charge in [-0.05, 0) is 18.6 Å². The second-order valence-electron chi connectivity index (χ2n) is 3.49. The molecule has 0 atom stereocenters. The number of hydrogen-bond acceptors (Lipinski definition) is 2. The van der Waals surface area contributed by atoms with Crippen LogP contribution in [0.2, 0.25) is 5.02 Å². The van der Waals surface area contributed by atoms with Crippen LogP contribution < -0.4 is 5.32 Å². The lowest BCUT2D eigenvalue weighted by Gasteiger charge is -2.08. The molecule has 0 saturated heterocycles. The molecule has 0 aliphatic carbocycles. The minimum atomic E-state index is -0.405. The number of ether oxygens (including phenoxy) is 1. The van der Waals surface area contributed by atoms with E-state index in [2.05, 4.69) is 12.2 Å². The number of unbranched alkanes of at least 4 members (excludes halogenated alkanes) is 1. The highest BCUT2D eigenvalue weighted by Crippen LogP contribution is 2.21. The zero-order valence-corrected chi connectivity index (χ0v) is 10.2. The van der Waals surface area contributed by atoms with Crippen molar-refractivity contribution < 1.29 is 9.13 Å². The summed E-state index contributed by atoms with van der Waals surface area (Å²) >= 11 is 5.65. The van der Waals surface area contributed by atoms with E-state index in [1.54, 1.807) is 12.1 Å². The van der Waals surface area contributed by atoms with Gasteiger partial charge in [-0.2, -0.15) is 0 Å². The van der Waals surface area contributed by atoms with E-state index in [1.807, 2.05) is 0 Å². The van der Waals surface area contributed by atoms with Crippen LogP contribution in [0.1, 0.15) is 19.8 Å². The molecule has 1 aromatic carbocycles. The molecule has 0 aromatic heterocycles. The van der Waals surface area contributed by atoms with Crippen molar-refractivity contribution in [3.05, 3.63) is 29.0 Å². The Morgan fingerprint density at radius 1 is 1.38 bits per heavy atom. The van der Waals surface area contributed by atoms with E-state index >= 15 is 0 Å². The molecule has 90 valence electrons. The molecule has 0 spiro atoms. The summed E-state index contributed by atoms with van der Waals surface area (Å²) in [5, 5.41) is 3.08. The fourth-order valence-electron chi connectivity index (χ4n) is 1.25. The van der Waals surface area contributed by atoms with Crippen molar-refractivity contribution in [2.75, 3.05) is 25.1 Å². The largest absolute Gasteiger partial charge is 0.380 e. The molecule has 0 bridgehead atoms. The Kier molecular flexibility index (Phi) is 6.19. The number of hydrogen-bond donors (Lipinski definition) is 1.